The molecule has 106 valence electrons. The zero-order valence-electron chi connectivity index (χ0n) is 11.2. The van der Waals surface area contributed by atoms with Crippen LogP contribution in [0.15, 0.2) is 29.6 Å². The molecule has 0 aliphatic carbocycles. The Labute approximate surface area is 129 Å². The zero-order valence-corrected chi connectivity index (χ0v) is 12.8. The number of aromatic nitrogens is 1. The summed E-state index contributed by atoms with van der Waals surface area (Å²) in [4.78, 5) is 19.7. The standard InChI is InChI=1S/C15H13N3OS2/c16-15-17-10-8-11-9(7-13(10)21-15)3-1-5-18(11)14(19)12-4-2-6-20-12/h2,4,6-8H,1,3,5H2,(H2,16,17). The summed E-state index contributed by atoms with van der Waals surface area (Å²) in [5.41, 5.74) is 8.86. The van der Waals surface area contributed by atoms with E-state index in [9.17, 15) is 4.79 Å². The number of fused-ring (bicyclic) bond motifs is 2. The van der Waals surface area contributed by atoms with Crippen LogP contribution in [0.3, 0.4) is 0 Å². The fourth-order valence-corrected chi connectivity index (χ4v) is 4.22. The number of benzene rings is 1. The smallest absolute Gasteiger partial charge is 0.268 e. The Morgan fingerprint density at radius 3 is 3.10 bits per heavy atom. The molecule has 4 rings (SSSR count). The average molecular weight is 315 g/mol. The molecule has 3 aromatic rings. The summed E-state index contributed by atoms with van der Waals surface area (Å²) in [5, 5.41) is 2.51. The van der Waals surface area contributed by atoms with E-state index in [1.807, 2.05) is 28.5 Å². The van der Waals surface area contributed by atoms with Gasteiger partial charge in [-0.25, -0.2) is 4.98 Å². The second kappa shape index (κ2) is 4.82. The van der Waals surface area contributed by atoms with E-state index in [0.717, 1.165) is 40.2 Å². The monoisotopic (exact) mass is 315 g/mol. The van der Waals surface area contributed by atoms with E-state index >= 15 is 0 Å². The van der Waals surface area contributed by atoms with Crippen LogP contribution in [0.1, 0.15) is 21.7 Å². The highest BCUT2D eigenvalue weighted by atomic mass is 32.1. The number of anilines is 2. The predicted molar refractivity (Wildman–Crippen MR) is 88.3 cm³/mol. The van der Waals surface area contributed by atoms with Gasteiger partial charge in [0.15, 0.2) is 5.13 Å². The molecule has 1 aromatic carbocycles. The highest BCUT2D eigenvalue weighted by Gasteiger charge is 2.25. The molecule has 21 heavy (non-hydrogen) atoms. The Hall–Kier alpha value is -1.92. The van der Waals surface area contributed by atoms with Crippen molar-refractivity contribution in [2.45, 2.75) is 12.8 Å². The van der Waals surface area contributed by atoms with Crippen molar-refractivity contribution in [3.8, 4) is 0 Å². The maximum Gasteiger partial charge on any atom is 0.268 e. The lowest BCUT2D eigenvalue weighted by atomic mass is 10.0. The van der Waals surface area contributed by atoms with E-state index in [-0.39, 0.29) is 5.91 Å². The average Bonchev–Trinajstić information content (AvgIpc) is 3.11. The molecule has 0 unspecified atom stereocenters. The minimum atomic E-state index is 0.0773. The van der Waals surface area contributed by atoms with Crippen molar-refractivity contribution in [2.24, 2.45) is 0 Å². The summed E-state index contributed by atoms with van der Waals surface area (Å²) in [6.07, 6.45) is 1.99. The van der Waals surface area contributed by atoms with E-state index in [0.29, 0.717) is 5.13 Å². The molecule has 0 saturated heterocycles. The molecule has 6 heteroatoms. The molecule has 0 saturated carbocycles. The normalized spacial score (nSPS) is 14.4. The highest BCUT2D eigenvalue weighted by Crippen LogP contribution is 2.35. The number of thiophene rings is 1. The topological polar surface area (TPSA) is 59.2 Å². The molecule has 2 aromatic heterocycles. The minimum Gasteiger partial charge on any atom is -0.375 e. The fraction of sp³-hybridized carbons (Fsp3) is 0.200. The van der Waals surface area contributed by atoms with Crippen LogP contribution in [0.4, 0.5) is 10.8 Å². The summed E-state index contributed by atoms with van der Waals surface area (Å²) < 4.78 is 1.09. The first-order valence-electron chi connectivity index (χ1n) is 6.77. The highest BCUT2D eigenvalue weighted by molar-refractivity contribution is 7.22. The Morgan fingerprint density at radius 1 is 1.38 bits per heavy atom. The summed E-state index contributed by atoms with van der Waals surface area (Å²) in [7, 11) is 0. The summed E-state index contributed by atoms with van der Waals surface area (Å²) in [5.74, 6) is 0.0773. The van der Waals surface area contributed by atoms with E-state index < -0.39 is 0 Å². The third-order valence-electron chi connectivity index (χ3n) is 3.70. The fourth-order valence-electron chi connectivity index (χ4n) is 2.77. The number of hydrogen-bond donors (Lipinski definition) is 1. The van der Waals surface area contributed by atoms with E-state index in [2.05, 4.69) is 11.1 Å². The lowest BCUT2D eigenvalue weighted by Crippen LogP contribution is -2.35. The van der Waals surface area contributed by atoms with E-state index in [1.54, 1.807) is 0 Å². The predicted octanol–water partition coefficient (Wildman–Crippen LogP) is 3.53. The van der Waals surface area contributed by atoms with Crippen LogP contribution >= 0.6 is 22.7 Å². The number of nitrogen functional groups attached to an aromatic ring is 1. The van der Waals surface area contributed by atoms with Crippen molar-refractivity contribution in [2.75, 3.05) is 17.2 Å². The van der Waals surface area contributed by atoms with Gasteiger partial charge in [0.25, 0.3) is 5.91 Å². The van der Waals surface area contributed by atoms with E-state index in [1.165, 1.54) is 28.2 Å². The van der Waals surface area contributed by atoms with Crippen LogP contribution in [0.25, 0.3) is 10.2 Å². The summed E-state index contributed by atoms with van der Waals surface area (Å²) in [6.45, 7) is 0.759. The Morgan fingerprint density at radius 2 is 2.29 bits per heavy atom. The molecule has 1 aliphatic rings. The molecule has 2 N–H and O–H groups in total. The molecule has 0 spiro atoms. The number of amides is 1. The van der Waals surface area contributed by atoms with Crippen molar-refractivity contribution in [1.29, 1.82) is 0 Å². The van der Waals surface area contributed by atoms with Gasteiger partial charge in [-0.3, -0.25) is 4.79 Å². The van der Waals surface area contributed by atoms with Crippen LogP contribution < -0.4 is 10.6 Å². The van der Waals surface area contributed by atoms with Crippen LogP contribution in [0.2, 0.25) is 0 Å². The number of nitrogens with two attached hydrogens (primary N) is 1. The van der Waals surface area contributed by atoms with Crippen LogP contribution in [-0.2, 0) is 6.42 Å². The summed E-state index contributed by atoms with van der Waals surface area (Å²) >= 11 is 2.98. The Bertz CT molecular complexity index is 823. The van der Waals surface area contributed by atoms with Gasteiger partial charge in [-0.1, -0.05) is 17.4 Å². The van der Waals surface area contributed by atoms with Crippen molar-refractivity contribution in [3.05, 3.63) is 40.1 Å². The molecule has 4 nitrogen and oxygen atoms in total. The number of rotatable bonds is 1. The molecule has 1 amide bonds. The van der Waals surface area contributed by atoms with Gasteiger partial charge < -0.3 is 10.6 Å². The van der Waals surface area contributed by atoms with Gasteiger partial charge in [0.2, 0.25) is 0 Å². The van der Waals surface area contributed by atoms with Crippen LogP contribution in [0, 0.1) is 0 Å². The second-order valence-electron chi connectivity index (χ2n) is 5.04. The third kappa shape index (κ3) is 2.11. The molecular formula is C15H13N3OS2. The molecular weight excluding hydrogens is 302 g/mol. The van der Waals surface area contributed by atoms with Crippen LogP contribution in [-0.4, -0.2) is 17.4 Å². The number of nitrogens with zero attached hydrogens (tertiary/aromatic N) is 2. The Balaban J connectivity index is 1.83. The zero-order chi connectivity index (χ0) is 14.4. The van der Waals surface area contributed by atoms with Crippen molar-refractivity contribution < 1.29 is 4.79 Å². The van der Waals surface area contributed by atoms with Gasteiger partial charge in [-0.15, -0.1) is 11.3 Å². The SMILES string of the molecule is Nc1nc2cc3c(cc2s1)CCCN3C(=O)c1cccs1. The molecule has 1 aliphatic heterocycles. The number of hydrogen-bond acceptors (Lipinski definition) is 5. The largest absolute Gasteiger partial charge is 0.375 e. The number of thiazole rings is 1. The van der Waals surface area contributed by atoms with Gasteiger partial charge in [0, 0.05) is 12.2 Å². The number of carbonyl (C=O) groups excluding carboxylic acids is 1. The van der Waals surface area contributed by atoms with Gasteiger partial charge in [0.1, 0.15) is 0 Å². The van der Waals surface area contributed by atoms with Gasteiger partial charge >= 0.3 is 0 Å². The molecule has 0 radical (unpaired) electrons. The van der Waals surface area contributed by atoms with Gasteiger partial charge in [-0.05, 0) is 42.0 Å². The quantitative estimate of drug-likeness (QED) is 0.747. The maximum absolute atomic E-state index is 12.7. The molecule has 0 fully saturated rings. The first-order chi connectivity index (χ1) is 10.2. The van der Waals surface area contributed by atoms with Crippen LogP contribution in [0.5, 0.6) is 0 Å². The maximum atomic E-state index is 12.7. The first-order valence-corrected chi connectivity index (χ1v) is 8.46. The molecule has 0 atom stereocenters. The van der Waals surface area contributed by atoms with E-state index in [4.69, 9.17) is 5.73 Å². The number of aryl methyl sites for hydroxylation is 1. The lowest BCUT2D eigenvalue weighted by Gasteiger charge is -2.29. The van der Waals surface area contributed by atoms with Gasteiger partial charge in [0.05, 0.1) is 15.1 Å². The van der Waals surface area contributed by atoms with Crippen molar-refractivity contribution in [3.63, 3.8) is 0 Å². The van der Waals surface area contributed by atoms with Crippen molar-refractivity contribution >= 4 is 49.6 Å². The summed E-state index contributed by atoms with van der Waals surface area (Å²) in [6, 6.07) is 7.92. The minimum absolute atomic E-state index is 0.0773. The Kier molecular flexibility index (Phi) is 2.94. The number of carbonyl (C=O) groups is 1. The van der Waals surface area contributed by atoms with Gasteiger partial charge in [-0.2, -0.15) is 0 Å². The second-order valence-corrected chi connectivity index (χ2v) is 7.05. The molecule has 3 heterocycles. The first kappa shape index (κ1) is 12.8. The lowest BCUT2D eigenvalue weighted by molar-refractivity contribution is 0.0989. The van der Waals surface area contributed by atoms with Crippen molar-refractivity contribution in [1.82, 2.24) is 4.98 Å². The molecule has 0 bridgehead atoms. The third-order valence-corrected chi connectivity index (χ3v) is 5.41.